The van der Waals surface area contributed by atoms with E-state index in [-0.39, 0.29) is 16.4 Å². The summed E-state index contributed by atoms with van der Waals surface area (Å²) in [6, 6.07) is 0. The van der Waals surface area contributed by atoms with Gasteiger partial charge in [0.25, 0.3) is 0 Å². The van der Waals surface area contributed by atoms with Crippen molar-refractivity contribution in [1.29, 1.82) is 0 Å². The van der Waals surface area contributed by atoms with E-state index >= 15 is 0 Å². The fourth-order valence-corrected chi connectivity index (χ4v) is 2.94. The van der Waals surface area contributed by atoms with Crippen molar-refractivity contribution in [1.82, 2.24) is 0 Å². The molecule has 1 fully saturated rings. The van der Waals surface area contributed by atoms with Crippen LogP contribution in [0.25, 0.3) is 0 Å². The first-order valence-electron chi connectivity index (χ1n) is 4.74. The highest BCUT2D eigenvalue weighted by Crippen LogP contribution is 2.44. The maximum Gasteiger partial charge on any atom is 0.196 e. The number of allylic oxidation sites excluding steroid dienone is 1. The van der Waals surface area contributed by atoms with Gasteiger partial charge in [-0.15, -0.1) is 0 Å². The van der Waals surface area contributed by atoms with Crippen LogP contribution < -0.4 is 0 Å². The van der Waals surface area contributed by atoms with Crippen molar-refractivity contribution in [3.63, 3.8) is 0 Å². The smallest absolute Gasteiger partial charge is 0.196 e. The number of rotatable bonds is 1. The van der Waals surface area contributed by atoms with E-state index in [1.807, 2.05) is 6.26 Å². The van der Waals surface area contributed by atoms with E-state index in [0.29, 0.717) is 0 Å². The highest BCUT2D eigenvalue weighted by Gasteiger charge is 2.38. The van der Waals surface area contributed by atoms with E-state index in [2.05, 4.69) is 20.4 Å². The van der Waals surface area contributed by atoms with E-state index in [1.54, 1.807) is 0 Å². The lowest BCUT2D eigenvalue weighted by atomic mass is 9.67. The lowest BCUT2D eigenvalue weighted by Gasteiger charge is -2.38. The molecule has 0 aromatic carbocycles. The third kappa shape index (κ3) is 2.16. The van der Waals surface area contributed by atoms with Crippen LogP contribution in [0.3, 0.4) is 0 Å². The number of carbonyl (C=O) groups excluding carboxylic acids is 1. The minimum atomic E-state index is 0.0799. The van der Waals surface area contributed by atoms with E-state index in [1.165, 1.54) is 18.2 Å². The van der Waals surface area contributed by atoms with Gasteiger partial charge in [0.15, 0.2) is 5.12 Å². The molecule has 0 radical (unpaired) electrons. The Morgan fingerprint density at radius 3 is 2.69 bits per heavy atom. The molecule has 0 amide bonds. The number of hydrogen-bond acceptors (Lipinski definition) is 2. The zero-order chi connectivity index (χ0) is 10.1. The monoisotopic (exact) mass is 198 g/mol. The van der Waals surface area contributed by atoms with Crippen LogP contribution in [0.5, 0.6) is 0 Å². The topological polar surface area (TPSA) is 17.1 Å². The Morgan fingerprint density at radius 1 is 1.62 bits per heavy atom. The second-order valence-corrected chi connectivity index (χ2v) is 5.27. The Hall–Kier alpha value is -0.240. The number of carbonyl (C=O) groups is 1. The molecular formula is C11H18OS. The zero-order valence-electron chi connectivity index (χ0n) is 8.72. The predicted molar refractivity (Wildman–Crippen MR) is 58.8 cm³/mol. The van der Waals surface area contributed by atoms with Crippen LogP contribution in [0.1, 0.15) is 33.1 Å². The summed E-state index contributed by atoms with van der Waals surface area (Å²) in [5.74, 6) is 0.0799. The van der Waals surface area contributed by atoms with Crippen molar-refractivity contribution >= 4 is 16.9 Å². The lowest BCUT2D eigenvalue weighted by molar-refractivity contribution is -0.116. The van der Waals surface area contributed by atoms with E-state index in [0.717, 1.165) is 18.4 Å². The van der Waals surface area contributed by atoms with Crippen molar-refractivity contribution in [2.24, 2.45) is 11.3 Å². The molecule has 1 saturated carbocycles. The predicted octanol–water partition coefficient (Wildman–Crippen LogP) is 3.26. The molecule has 0 saturated heterocycles. The average Bonchev–Trinajstić information content (AvgIpc) is 2.02. The molecular weight excluding hydrogens is 180 g/mol. The number of thioether (sulfide) groups is 1. The molecule has 0 aliphatic heterocycles. The van der Waals surface area contributed by atoms with Crippen molar-refractivity contribution < 1.29 is 4.79 Å². The first-order valence-corrected chi connectivity index (χ1v) is 5.97. The van der Waals surface area contributed by atoms with Gasteiger partial charge in [0.1, 0.15) is 0 Å². The van der Waals surface area contributed by atoms with Crippen LogP contribution >= 0.6 is 11.8 Å². The molecule has 0 heterocycles. The van der Waals surface area contributed by atoms with E-state index in [4.69, 9.17) is 0 Å². The Bertz CT molecular complexity index is 222. The molecule has 0 aromatic heterocycles. The summed E-state index contributed by atoms with van der Waals surface area (Å²) in [4.78, 5) is 11.7. The van der Waals surface area contributed by atoms with Gasteiger partial charge in [-0.05, 0) is 30.9 Å². The summed E-state index contributed by atoms with van der Waals surface area (Å²) in [6.07, 6.45) is 5.22. The summed E-state index contributed by atoms with van der Waals surface area (Å²) >= 11 is 1.34. The second kappa shape index (κ2) is 3.87. The molecule has 1 aliphatic rings. The largest absolute Gasteiger partial charge is 0.287 e. The van der Waals surface area contributed by atoms with Crippen molar-refractivity contribution in [2.45, 2.75) is 33.1 Å². The minimum absolute atomic E-state index is 0.0799. The highest BCUT2D eigenvalue weighted by molar-refractivity contribution is 8.13. The Balaban J connectivity index is 2.87. The van der Waals surface area contributed by atoms with Gasteiger partial charge in [-0.25, -0.2) is 0 Å². The third-order valence-corrected chi connectivity index (χ3v) is 3.58. The van der Waals surface area contributed by atoms with Gasteiger partial charge in [-0.3, -0.25) is 4.79 Å². The first kappa shape index (κ1) is 10.8. The van der Waals surface area contributed by atoms with Gasteiger partial charge in [-0.1, -0.05) is 37.8 Å². The SMILES string of the molecule is C=C1CCCC(C)(C)C1C(=O)SC. The molecule has 0 N–H and O–H groups in total. The van der Waals surface area contributed by atoms with Gasteiger partial charge >= 0.3 is 0 Å². The van der Waals surface area contributed by atoms with E-state index < -0.39 is 0 Å². The van der Waals surface area contributed by atoms with E-state index in [9.17, 15) is 4.79 Å². The molecule has 0 bridgehead atoms. The Morgan fingerprint density at radius 2 is 2.23 bits per heavy atom. The molecule has 1 atom stereocenters. The molecule has 1 nitrogen and oxygen atoms in total. The molecule has 1 aliphatic carbocycles. The fraction of sp³-hybridized carbons (Fsp3) is 0.727. The van der Waals surface area contributed by atoms with Crippen LogP contribution in [0, 0.1) is 11.3 Å². The molecule has 1 rings (SSSR count). The Labute approximate surface area is 85.0 Å². The summed E-state index contributed by atoms with van der Waals surface area (Å²) in [5.41, 5.74) is 1.26. The number of hydrogen-bond donors (Lipinski definition) is 0. The molecule has 0 aromatic rings. The molecule has 0 spiro atoms. The third-order valence-electron chi connectivity index (χ3n) is 2.95. The van der Waals surface area contributed by atoms with Gasteiger partial charge < -0.3 is 0 Å². The average molecular weight is 198 g/mol. The highest BCUT2D eigenvalue weighted by atomic mass is 32.2. The zero-order valence-corrected chi connectivity index (χ0v) is 9.54. The first-order chi connectivity index (χ1) is 5.99. The summed E-state index contributed by atoms with van der Waals surface area (Å²) in [7, 11) is 0. The summed E-state index contributed by atoms with van der Waals surface area (Å²) < 4.78 is 0. The van der Waals surface area contributed by atoms with Crippen LogP contribution in [0.4, 0.5) is 0 Å². The van der Waals surface area contributed by atoms with Gasteiger partial charge in [-0.2, -0.15) is 0 Å². The fourth-order valence-electron chi connectivity index (χ4n) is 2.22. The van der Waals surface area contributed by atoms with Crippen LogP contribution in [0.15, 0.2) is 12.2 Å². The minimum Gasteiger partial charge on any atom is -0.287 e. The second-order valence-electron chi connectivity index (χ2n) is 4.46. The normalized spacial score (nSPS) is 27.3. The van der Waals surface area contributed by atoms with Crippen molar-refractivity contribution in [3.05, 3.63) is 12.2 Å². The van der Waals surface area contributed by atoms with Gasteiger partial charge in [0, 0.05) is 0 Å². The molecule has 2 heteroatoms. The van der Waals surface area contributed by atoms with Crippen molar-refractivity contribution in [2.75, 3.05) is 6.26 Å². The quantitative estimate of drug-likeness (QED) is 0.602. The molecule has 74 valence electrons. The van der Waals surface area contributed by atoms with Crippen molar-refractivity contribution in [3.8, 4) is 0 Å². The maximum atomic E-state index is 11.7. The summed E-state index contributed by atoms with van der Waals surface area (Å²) in [5, 5.41) is 0.287. The molecule has 1 unspecified atom stereocenters. The lowest BCUT2D eigenvalue weighted by Crippen LogP contribution is -2.34. The van der Waals surface area contributed by atoms with Crippen LogP contribution in [-0.2, 0) is 4.79 Å². The van der Waals surface area contributed by atoms with Gasteiger partial charge in [0.2, 0.25) is 0 Å². The van der Waals surface area contributed by atoms with Crippen LogP contribution in [0.2, 0.25) is 0 Å². The standard InChI is InChI=1S/C11H18OS/c1-8-6-5-7-11(2,3)9(8)10(12)13-4/h9H,1,5-7H2,2-4H3. The van der Waals surface area contributed by atoms with Gasteiger partial charge in [0.05, 0.1) is 5.92 Å². The summed E-state index contributed by atoms with van der Waals surface area (Å²) in [6.45, 7) is 8.38. The Kier molecular flexibility index (Phi) is 3.23. The molecule has 13 heavy (non-hydrogen) atoms. The van der Waals surface area contributed by atoms with Crippen LogP contribution in [-0.4, -0.2) is 11.4 Å². The maximum absolute atomic E-state index is 11.7.